The lowest BCUT2D eigenvalue weighted by Gasteiger charge is -2.21. The third-order valence-corrected chi connectivity index (χ3v) is 19.4. The van der Waals surface area contributed by atoms with Gasteiger partial charge in [0.25, 0.3) is 0 Å². The predicted molar refractivity (Wildman–Crippen MR) is 381 cm³/mol. The van der Waals surface area contributed by atoms with E-state index in [2.05, 4.69) is 41.5 Å². The number of hydrogen-bond acceptors (Lipinski definition) is 15. The number of phosphoric ester groups is 2. The molecule has 3 N–H and O–H groups in total. The van der Waals surface area contributed by atoms with Crippen molar-refractivity contribution in [1.82, 2.24) is 0 Å². The molecule has 0 amide bonds. The quantitative estimate of drug-likeness (QED) is 0.0222. The Labute approximate surface area is 575 Å². The van der Waals surface area contributed by atoms with Crippen molar-refractivity contribution in [2.45, 2.75) is 407 Å². The fraction of sp³-hybridized carbons (Fsp3) is 0.947. The van der Waals surface area contributed by atoms with Gasteiger partial charge in [0, 0.05) is 25.7 Å². The summed E-state index contributed by atoms with van der Waals surface area (Å²) in [7, 11) is -9.91. The molecule has 0 aromatic carbocycles. The Morgan fingerprint density at radius 1 is 0.287 bits per heavy atom. The van der Waals surface area contributed by atoms with Gasteiger partial charge in [-0.3, -0.25) is 37.3 Å². The molecule has 0 aliphatic heterocycles. The number of carbonyl (C=O) groups is 4. The van der Waals surface area contributed by atoms with Crippen molar-refractivity contribution >= 4 is 39.5 Å². The highest BCUT2D eigenvalue weighted by Gasteiger charge is 2.30. The second kappa shape index (κ2) is 66.9. The molecule has 0 saturated heterocycles. The zero-order valence-electron chi connectivity index (χ0n) is 61.3. The minimum atomic E-state index is -4.96. The number of esters is 4. The second-order valence-corrected chi connectivity index (χ2v) is 30.9. The summed E-state index contributed by atoms with van der Waals surface area (Å²) in [5, 5.41) is 10.6. The van der Waals surface area contributed by atoms with E-state index in [0.717, 1.165) is 102 Å². The lowest BCUT2D eigenvalue weighted by molar-refractivity contribution is -0.161. The van der Waals surface area contributed by atoms with Gasteiger partial charge in [-0.1, -0.05) is 337 Å². The van der Waals surface area contributed by atoms with E-state index in [-0.39, 0.29) is 25.7 Å². The lowest BCUT2D eigenvalue weighted by Crippen LogP contribution is -2.30. The van der Waals surface area contributed by atoms with E-state index in [1.165, 1.54) is 205 Å². The van der Waals surface area contributed by atoms with Gasteiger partial charge in [-0.05, 0) is 37.5 Å². The minimum absolute atomic E-state index is 0.104. The van der Waals surface area contributed by atoms with Crippen molar-refractivity contribution in [1.29, 1.82) is 0 Å². The monoisotopic (exact) mass is 1380 g/mol. The molecular weight excluding hydrogens is 1230 g/mol. The standard InChI is InChI=1S/C75H146O17P2/c1-7-9-11-13-15-17-19-21-23-25-27-29-31-39-45-51-57-72(77)85-63-70(91-74(79)59-53-47-41-32-30-28-26-24-22-20-18-16-14-12-10-8-2)65-89-93(81,82)87-61-69(76)62-88-94(83,84)90-66-71(92-75(80)60-54-48-42-36-34-38-44-50-56-68(5)6)64-86-73(78)58-52-46-40-35-33-37-43-49-55-67(3)4/h67-71,76H,7-66H2,1-6H3,(H,81,82)(H,83,84)/t69-,70-,71-/m1/s1. The van der Waals surface area contributed by atoms with Gasteiger partial charge in [-0.15, -0.1) is 0 Å². The molecule has 17 nitrogen and oxygen atoms in total. The Balaban J connectivity index is 5.24. The molecule has 558 valence electrons. The van der Waals surface area contributed by atoms with Gasteiger partial charge in [0.2, 0.25) is 0 Å². The highest BCUT2D eigenvalue weighted by Crippen LogP contribution is 2.45. The summed E-state index contributed by atoms with van der Waals surface area (Å²) >= 11 is 0. The molecule has 0 aromatic heterocycles. The Morgan fingerprint density at radius 2 is 0.489 bits per heavy atom. The van der Waals surface area contributed by atoms with Gasteiger partial charge in [0.1, 0.15) is 19.3 Å². The summed E-state index contributed by atoms with van der Waals surface area (Å²) in [6.07, 6.45) is 54.2. The molecule has 0 saturated carbocycles. The largest absolute Gasteiger partial charge is 0.472 e. The third kappa shape index (κ3) is 68.6. The number of hydrogen-bond donors (Lipinski definition) is 3. The Morgan fingerprint density at radius 3 is 0.723 bits per heavy atom. The molecule has 0 aromatic rings. The van der Waals surface area contributed by atoms with E-state index < -0.39 is 97.5 Å². The van der Waals surface area contributed by atoms with Crippen molar-refractivity contribution < 1.29 is 80.2 Å². The first-order valence-electron chi connectivity index (χ1n) is 39.0. The first-order valence-corrected chi connectivity index (χ1v) is 42.0. The van der Waals surface area contributed by atoms with Crippen molar-refractivity contribution in [2.24, 2.45) is 11.8 Å². The van der Waals surface area contributed by atoms with Crippen molar-refractivity contribution in [3.63, 3.8) is 0 Å². The summed E-state index contributed by atoms with van der Waals surface area (Å²) in [6, 6.07) is 0. The van der Waals surface area contributed by atoms with Crippen LogP contribution in [-0.2, 0) is 65.4 Å². The molecule has 0 spiro atoms. The van der Waals surface area contributed by atoms with Gasteiger partial charge in [-0.2, -0.15) is 0 Å². The van der Waals surface area contributed by atoms with Crippen LogP contribution < -0.4 is 0 Å². The predicted octanol–water partition coefficient (Wildman–Crippen LogP) is 21.9. The second-order valence-electron chi connectivity index (χ2n) is 28.0. The van der Waals surface area contributed by atoms with Crippen LogP contribution in [0.5, 0.6) is 0 Å². The van der Waals surface area contributed by atoms with Crippen LogP contribution in [0, 0.1) is 11.8 Å². The van der Waals surface area contributed by atoms with E-state index in [0.29, 0.717) is 25.7 Å². The number of aliphatic hydroxyl groups excluding tert-OH is 1. The number of phosphoric acid groups is 2. The summed E-state index contributed by atoms with van der Waals surface area (Å²) in [5.74, 6) is -0.673. The number of ether oxygens (including phenoxy) is 4. The van der Waals surface area contributed by atoms with E-state index in [9.17, 15) is 43.2 Å². The molecule has 0 bridgehead atoms. The molecule has 0 aliphatic rings. The highest BCUT2D eigenvalue weighted by atomic mass is 31.2. The van der Waals surface area contributed by atoms with Crippen molar-refractivity contribution in [3.05, 3.63) is 0 Å². The topological polar surface area (TPSA) is 237 Å². The van der Waals surface area contributed by atoms with Crippen molar-refractivity contribution in [3.8, 4) is 0 Å². The number of rotatable bonds is 74. The average molecular weight is 1380 g/mol. The van der Waals surface area contributed by atoms with Gasteiger partial charge in [-0.25, -0.2) is 9.13 Å². The molecular formula is C75H146O17P2. The fourth-order valence-corrected chi connectivity index (χ4v) is 13.1. The van der Waals surface area contributed by atoms with Crippen LogP contribution in [-0.4, -0.2) is 96.7 Å². The SMILES string of the molecule is CCCCCCCCCCCCCCCCCCC(=O)OC[C@H](COP(=O)(O)OC[C@@H](O)COP(=O)(O)OC[C@@H](COC(=O)CCCCCCCCCCC(C)C)OC(=O)CCCCCCCCCCC(C)C)OC(=O)CCCCCCCCCCCCCCCCCC. The Bertz CT molecular complexity index is 1820. The van der Waals surface area contributed by atoms with Gasteiger partial charge in [0.15, 0.2) is 12.2 Å². The van der Waals surface area contributed by atoms with Gasteiger partial charge >= 0.3 is 39.5 Å². The van der Waals surface area contributed by atoms with E-state index in [1.807, 2.05) is 0 Å². The third-order valence-electron chi connectivity index (χ3n) is 17.5. The molecule has 2 unspecified atom stereocenters. The molecule has 0 rings (SSSR count). The smallest absolute Gasteiger partial charge is 0.462 e. The fourth-order valence-electron chi connectivity index (χ4n) is 11.5. The first-order chi connectivity index (χ1) is 45.4. The summed E-state index contributed by atoms with van der Waals surface area (Å²) in [5.41, 5.74) is 0. The summed E-state index contributed by atoms with van der Waals surface area (Å²) in [6.45, 7) is 9.52. The van der Waals surface area contributed by atoms with Crippen LogP contribution in [0.25, 0.3) is 0 Å². The summed E-state index contributed by atoms with van der Waals surface area (Å²) in [4.78, 5) is 72.8. The molecule has 94 heavy (non-hydrogen) atoms. The van der Waals surface area contributed by atoms with Crippen LogP contribution in [0.1, 0.15) is 388 Å². The molecule has 5 atom stereocenters. The average Bonchev–Trinajstić information content (AvgIpc) is 1.34. The Kier molecular flexibility index (Phi) is 65.5. The normalized spacial score (nSPS) is 14.0. The van der Waals surface area contributed by atoms with Gasteiger partial charge < -0.3 is 33.8 Å². The zero-order chi connectivity index (χ0) is 69.3. The molecule has 0 heterocycles. The minimum Gasteiger partial charge on any atom is -0.462 e. The summed E-state index contributed by atoms with van der Waals surface area (Å²) < 4.78 is 68.5. The van der Waals surface area contributed by atoms with E-state index in [4.69, 9.17) is 37.0 Å². The van der Waals surface area contributed by atoms with Gasteiger partial charge in [0.05, 0.1) is 26.4 Å². The molecule has 0 aliphatic carbocycles. The maximum Gasteiger partial charge on any atom is 0.472 e. The van der Waals surface area contributed by atoms with Crippen LogP contribution in [0.4, 0.5) is 0 Å². The van der Waals surface area contributed by atoms with E-state index >= 15 is 0 Å². The maximum absolute atomic E-state index is 13.1. The number of unbranched alkanes of at least 4 members (excludes halogenated alkanes) is 44. The molecule has 0 fully saturated rings. The van der Waals surface area contributed by atoms with Crippen LogP contribution in [0.2, 0.25) is 0 Å². The van der Waals surface area contributed by atoms with Crippen LogP contribution in [0.15, 0.2) is 0 Å². The number of aliphatic hydroxyl groups is 1. The lowest BCUT2D eigenvalue weighted by atomic mass is 10.0. The van der Waals surface area contributed by atoms with Crippen LogP contribution in [0.3, 0.4) is 0 Å². The number of carbonyl (C=O) groups excluding carboxylic acids is 4. The maximum atomic E-state index is 13.1. The van der Waals surface area contributed by atoms with Crippen molar-refractivity contribution in [2.75, 3.05) is 39.6 Å². The van der Waals surface area contributed by atoms with E-state index in [1.54, 1.807) is 0 Å². The first kappa shape index (κ1) is 92.1. The molecule has 19 heteroatoms. The molecule has 0 radical (unpaired) electrons. The highest BCUT2D eigenvalue weighted by molar-refractivity contribution is 7.47. The Hall–Kier alpha value is -1.94. The zero-order valence-corrected chi connectivity index (χ0v) is 63.1. The van der Waals surface area contributed by atoms with Crippen LogP contribution >= 0.6 is 15.6 Å².